The number of aromatic nitrogens is 2. The Morgan fingerprint density at radius 3 is 2.67 bits per heavy atom. The van der Waals surface area contributed by atoms with Crippen molar-refractivity contribution in [1.29, 1.82) is 0 Å². The molecular formula is C21H27N3O2S. The number of aryl methyl sites for hydroxylation is 1. The van der Waals surface area contributed by atoms with Gasteiger partial charge in [-0.3, -0.25) is 14.2 Å². The Hall–Kier alpha value is -2.08. The summed E-state index contributed by atoms with van der Waals surface area (Å²) in [6.07, 6.45) is 0.660. The third-order valence-corrected chi connectivity index (χ3v) is 6.19. The van der Waals surface area contributed by atoms with Crippen molar-refractivity contribution in [3.8, 4) is 0 Å². The predicted octanol–water partition coefficient (Wildman–Crippen LogP) is 3.27. The predicted molar refractivity (Wildman–Crippen MR) is 109 cm³/mol. The fraction of sp³-hybridized carbons (Fsp3) is 0.476. The normalized spacial score (nSPS) is 16.3. The fourth-order valence-corrected chi connectivity index (χ4v) is 4.59. The molecule has 0 unspecified atom stereocenters. The zero-order valence-corrected chi connectivity index (χ0v) is 17.3. The lowest BCUT2D eigenvalue weighted by Crippen LogP contribution is -2.45. The van der Waals surface area contributed by atoms with Gasteiger partial charge in [-0.15, -0.1) is 0 Å². The van der Waals surface area contributed by atoms with Crippen LogP contribution in [0, 0.1) is 12.8 Å². The molecule has 27 heavy (non-hydrogen) atoms. The van der Waals surface area contributed by atoms with Crippen LogP contribution in [0.2, 0.25) is 0 Å². The van der Waals surface area contributed by atoms with E-state index < -0.39 is 0 Å². The Morgan fingerprint density at radius 2 is 2.04 bits per heavy atom. The van der Waals surface area contributed by atoms with Gasteiger partial charge in [0.25, 0.3) is 5.56 Å². The van der Waals surface area contributed by atoms with Gasteiger partial charge in [-0.05, 0) is 32.8 Å². The monoisotopic (exact) mass is 385 g/mol. The van der Waals surface area contributed by atoms with Gasteiger partial charge in [0.05, 0.1) is 5.92 Å². The molecule has 0 fully saturated rings. The molecule has 0 saturated carbocycles. The van der Waals surface area contributed by atoms with Crippen molar-refractivity contribution in [2.75, 3.05) is 5.75 Å². The molecule has 1 aliphatic rings. The highest BCUT2D eigenvalue weighted by Crippen LogP contribution is 2.28. The maximum absolute atomic E-state index is 13.3. The molecule has 1 aromatic heterocycles. The molecule has 6 heteroatoms. The number of rotatable bonds is 5. The first-order chi connectivity index (χ1) is 12.9. The molecule has 2 heterocycles. The van der Waals surface area contributed by atoms with Gasteiger partial charge in [-0.2, -0.15) is 0 Å². The van der Waals surface area contributed by atoms with Crippen LogP contribution in [0.1, 0.15) is 37.6 Å². The molecule has 0 bridgehead atoms. The molecule has 1 aliphatic heterocycles. The quantitative estimate of drug-likeness (QED) is 0.741. The summed E-state index contributed by atoms with van der Waals surface area (Å²) in [5.74, 6) is 0.562. The highest BCUT2D eigenvalue weighted by Gasteiger charge is 2.32. The zero-order chi connectivity index (χ0) is 19.6. The molecule has 0 radical (unpaired) electrons. The number of nitrogens with zero attached hydrogens (tertiary/aromatic N) is 3. The Morgan fingerprint density at radius 1 is 1.33 bits per heavy atom. The van der Waals surface area contributed by atoms with Gasteiger partial charge < -0.3 is 4.90 Å². The van der Waals surface area contributed by atoms with Gasteiger partial charge in [0.1, 0.15) is 0 Å². The van der Waals surface area contributed by atoms with E-state index in [1.54, 1.807) is 4.57 Å². The molecule has 0 N–H and O–H groups in total. The SMILES string of the molecule is CCc1c(C)nc2n(c1=O)C[C@H](C(=O)N(Cc1ccccc1)C(C)C)CS2. The summed E-state index contributed by atoms with van der Waals surface area (Å²) in [7, 11) is 0. The van der Waals surface area contributed by atoms with Crippen molar-refractivity contribution >= 4 is 17.7 Å². The number of carbonyl (C=O) groups is 1. The summed E-state index contributed by atoms with van der Waals surface area (Å²) in [5, 5.41) is 0.734. The average Bonchev–Trinajstić information content (AvgIpc) is 2.66. The van der Waals surface area contributed by atoms with Crippen LogP contribution in [0.5, 0.6) is 0 Å². The highest BCUT2D eigenvalue weighted by atomic mass is 32.2. The summed E-state index contributed by atoms with van der Waals surface area (Å²) in [4.78, 5) is 32.6. The number of fused-ring (bicyclic) bond motifs is 1. The summed E-state index contributed by atoms with van der Waals surface area (Å²) in [6, 6.07) is 10.1. The van der Waals surface area contributed by atoms with Crippen molar-refractivity contribution < 1.29 is 4.79 Å². The lowest BCUT2D eigenvalue weighted by molar-refractivity contribution is -0.137. The van der Waals surface area contributed by atoms with E-state index >= 15 is 0 Å². The Balaban J connectivity index is 1.84. The molecule has 2 aromatic rings. The van der Waals surface area contributed by atoms with Crippen molar-refractivity contribution in [3.63, 3.8) is 0 Å². The second kappa shape index (κ2) is 8.30. The van der Waals surface area contributed by atoms with E-state index in [0.29, 0.717) is 25.3 Å². The fourth-order valence-electron chi connectivity index (χ4n) is 3.48. The number of carbonyl (C=O) groups excluding carboxylic acids is 1. The summed E-state index contributed by atoms with van der Waals surface area (Å²) >= 11 is 1.51. The number of benzene rings is 1. The van der Waals surface area contributed by atoms with E-state index in [4.69, 9.17) is 0 Å². The van der Waals surface area contributed by atoms with E-state index in [9.17, 15) is 9.59 Å². The molecule has 3 rings (SSSR count). The lowest BCUT2D eigenvalue weighted by atomic mass is 10.1. The van der Waals surface area contributed by atoms with Crippen LogP contribution in [-0.2, 0) is 24.3 Å². The van der Waals surface area contributed by atoms with Crippen molar-refractivity contribution in [2.24, 2.45) is 5.92 Å². The standard InChI is InChI=1S/C21H27N3O2S/c1-5-18-15(4)22-21-24(20(18)26)12-17(13-27-21)19(25)23(14(2)3)11-16-9-7-6-8-10-16/h6-10,14,17H,5,11-13H2,1-4H3/t17-/m0/s1. The minimum Gasteiger partial charge on any atom is -0.336 e. The third kappa shape index (κ3) is 4.10. The van der Waals surface area contributed by atoms with Crippen LogP contribution < -0.4 is 5.56 Å². The van der Waals surface area contributed by atoms with Crippen LogP contribution in [0.3, 0.4) is 0 Å². The Labute approximate surface area is 164 Å². The summed E-state index contributed by atoms with van der Waals surface area (Å²) in [6.45, 7) is 8.94. The van der Waals surface area contributed by atoms with Gasteiger partial charge >= 0.3 is 0 Å². The van der Waals surface area contributed by atoms with Crippen LogP contribution >= 0.6 is 11.8 Å². The van der Waals surface area contributed by atoms with Crippen LogP contribution in [0.4, 0.5) is 0 Å². The topological polar surface area (TPSA) is 55.2 Å². The first kappa shape index (κ1) is 19.7. The van der Waals surface area contributed by atoms with Crippen molar-refractivity contribution in [2.45, 2.75) is 58.4 Å². The number of hydrogen-bond donors (Lipinski definition) is 0. The number of amides is 1. The maximum Gasteiger partial charge on any atom is 0.257 e. The maximum atomic E-state index is 13.3. The first-order valence-electron chi connectivity index (χ1n) is 9.49. The van der Waals surface area contributed by atoms with Crippen LogP contribution in [0.25, 0.3) is 0 Å². The van der Waals surface area contributed by atoms with Crippen LogP contribution in [-0.4, -0.2) is 32.2 Å². The molecule has 144 valence electrons. The molecule has 5 nitrogen and oxygen atoms in total. The minimum atomic E-state index is -0.208. The minimum absolute atomic E-state index is 0.00385. The third-order valence-electron chi connectivity index (χ3n) is 5.06. The number of thioether (sulfide) groups is 1. The van der Waals surface area contributed by atoms with E-state index in [0.717, 1.165) is 22.0 Å². The molecule has 0 aliphatic carbocycles. The van der Waals surface area contributed by atoms with Gasteiger partial charge in [-0.25, -0.2) is 4.98 Å². The second-order valence-corrected chi connectivity index (χ2v) is 8.27. The molecule has 1 amide bonds. The number of hydrogen-bond acceptors (Lipinski definition) is 4. The summed E-state index contributed by atoms with van der Waals surface area (Å²) < 4.78 is 1.70. The average molecular weight is 386 g/mol. The summed E-state index contributed by atoms with van der Waals surface area (Å²) in [5.41, 5.74) is 2.67. The van der Waals surface area contributed by atoms with Gasteiger partial charge in [-0.1, -0.05) is 49.0 Å². The van der Waals surface area contributed by atoms with Gasteiger partial charge in [0, 0.05) is 36.1 Å². The van der Waals surface area contributed by atoms with E-state index in [1.807, 2.05) is 62.9 Å². The van der Waals surface area contributed by atoms with Gasteiger partial charge in [0.2, 0.25) is 5.91 Å². The molecule has 0 saturated heterocycles. The Bertz CT molecular complexity index is 877. The molecule has 1 aromatic carbocycles. The zero-order valence-electron chi connectivity index (χ0n) is 16.4. The molecular weight excluding hydrogens is 358 g/mol. The Kier molecular flexibility index (Phi) is 6.05. The smallest absolute Gasteiger partial charge is 0.257 e. The van der Waals surface area contributed by atoms with Gasteiger partial charge in [0.15, 0.2) is 5.16 Å². The van der Waals surface area contributed by atoms with E-state index in [1.165, 1.54) is 11.8 Å². The lowest BCUT2D eigenvalue weighted by Gasteiger charge is -2.33. The molecule has 0 spiro atoms. The van der Waals surface area contributed by atoms with Crippen molar-refractivity contribution in [1.82, 2.24) is 14.5 Å². The van der Waals surface area contributed by atoms with Crippen LogP contribution in [0.15, 0.2) is 40.3 Å². The first-order valence-corrected chi connectivity index (χ1v) is 10.5. The largest absolute Gasteiger partial charge is 0.336 e. The molecule has 1 atom stereocenters. The van der Waals surface area contributed by atoms with E-state index in [-0.39, 0.29) is 23.4 Å². The van der Waals surface area contributed by atoms with E-state index in [2.05, 4.69) is 4.98 Å². The van der Waals surface area contributed by atoms with Crippen molar-refractivity contribution in [3.05, 3.63) is 57.5 Å². The highest BCUT2D eigenvalue weighted by molar-refractivity contribution is 7.99. The second-order valence-electron chi connectivity index (χ2n) is 7.28.